The normalized spacial score (nSPS) is 17.5. The fourth-order valence-corrected chi connectivity index (χ4v) is 6.01. The molecule has 1 aliphatic carbocycles. The molecule has 11 nitrogen and oxygen atoms in total. The van der Waals surface area contributed by atoms with Crippen LogP contribution in [0.2, 0.25) is 0 Å². The molecule has 0 radical (unpaired) electrons. The maximum absolute atomic E-state index is 12.7. The zero-order chi connectivity index (χ0) is 24.6. The Bertz CT molecular complexity index is 1560. The first-order valence-corrected chi connectivity index (χ1v) is 13.0. The predicted molar refractivity (Wildman–Crippen MR) is 130 cm³/mol. The zero-order valence-corrected chi connectivity index (χ0v) is 20.1. The summed E-state index contributed by atoms with van der Waals surface area (Å²) in [7, 11) is -2.27. The van der Waals surface area contributed by atoms with Gasteiger partial charge in [0.1, 0.15) is 15.5 Å². The minimum absolute atomic E-state index is 0.0127. The molecule has 1 aliphatic rings. The number of anilines is 1. The fourth-order valence-electron chi connectivity index (χ4n) is 3.89. The molecule has 0 saturated heterocycles. The smallest absolute Gasteiger partial charge is 0.262 e. The lowest BCUT2D eigenvalue weighted by Crippen LogP contribution is -2.49. The second kappa shape index (κ2) is 9.06. The highest BCUT2D eigenvalue weighted by molar-refractivity contribution is 7.89. The fraction of sp³-hybridized carbons (Fsp3) is 0.227. The van der Waals surface area contributed by atoms with Crippen LogP contribution in [0.5, 0.6) is 0 Å². The Labute approximate surface area is 204 Å². The summed E-state index contributed by atoms with van der Waals surface area (Å²) in [6.45, 7) is 0. The molecule has 0 bridgehead atoms. The summed E-state index contributed by atoms with van der Waals surface area (Å²) in [5, 5.41) is 16.5. The highest BCUT2D eigenvalue weighted by atomic mass is 32.2. The molecular weight excluding hydrogens is 488 g/mol. The van der Waals surface area contributed by atoms with Crippen molar-refractivity contribution in [3.05, 3.63) is 53.4 Å². The van der Waals surface area contributed by atoms with Crippen LogP contribution in [0.25, 0.3) is 21.6 Å². The highest BCUT2D eigenvalue weighted by Crippen LogP contribution is 2.38. The van der Waals surface area contributed by atoms with Crippen LogP contribution in [0.4, 0.5) is 5.69 Å². The lowest BCUT2D eigenvalue weighted by Gasteiger charge is -2.37. The average molecular weight is 509 g/mol. The molecule has 13 heteroatoms. The van der Waals surface area contributed by atoms with Gasteiger partial charge in [-0.05, 0) is 31.0 Å². The number of fused-ring (bicyclic) bond motifs is 1. The number of aromatic nitrogens is 4. The number of hydrogen-bond donors (Lipinski definition) is 4. The van der Waals surface area contributed by atoms with Crippen LogP contribution in [-0.2, 0) is 10.0 Å². The molecule has 4 aromatic rings. The van der Waals surface area contributed by atoms with E-state index < -0.39 is 10.0 Å². The Morgan fingerprint density at radius 1 is 1.20 bits per heavy atom. The summed E-state index contributed by atoms with van der Waals surface area (Å²) in [6.07, 6.45) is 7.47. The van der Waals surface area contributed by atoms with Gasteiger partial charge in [0.25, 0.3) is 15.9 Å². The summed E-state index contributed by atoms with van der Waals surface area (Å²) >= 11 is 1.27. The number of amides is 1. The van der Waals surface area contributed by atoms with E-state index in [-0.39, 0.29) is 28.6 Å². The molecule has 4 N–H and O–H groups in total. The number of thiazole rings is 1. The maximum Gasteiger partial charge on any atom is 0.262 e. The van der Waals surface area contributed by atoms with Gasteiger partial charge in [0.2, 0.25) is 0 Å². The molecule has 4 aromatic heterocycles. The number of hydrogen-bond acceptors (Lipinski definition) is 9. The van der Waals surface area contributed by atoms with Crippen molar-refractivity contribution in [2.75, 3.05) is 12.4 Å². The SMILES string of the molecule is CNC(=O)c1cnc(-c2cnc3[nH]ccc3c2N[C@H]2C[C@H](NS(=O)(=O)c3cc(C#N)ccn3)C2)s1. The second-order valence-electron chi connectivity index (χ2n) is 8.02. The maximum atomic E-state index is 12.7. The first-order chi connectivity index (χ1) is 16.9. The number of rotatable bonds is 7. The number of pyridine rings is 2. The lowest BCUT2D eigenvalue weighted by molar-refractivity contribution is 0.0967. The van der Waals surface area contributed by atoms with E-state index in [0.29, 0.717) is 28.4 Å². The number of carbonyl (C=O) groups is 1. The number of aromatic amines is 1. The number of sulfonamides is 1. The number of nitrogens with zero attached hydrogens (tertiary/aromatic N) is 4. The van der Waals surface area contributed by atoms with Gasteiger partial charge in [0.05, 0.1) is 29.1 Å². The molecule has 0 aliphatic heterocycles. The van der Waals surface area contributed by atoms with E-state index in [1.807, 2.05) is 12.1 Å². The van der Waals surface area contributed by atoms with Crippen LogP contribution in [0.3, 0.4) is 0 Å². The molecule has 5 rings (SSSR count). The molecule has 0 atom stereocenters. The van der Waals surface area contributed by atoms with Gasteiger partial charge in [-0.2, -0.15) is 5.26 Å². The van der Waals surface area contributed by atoms with Crippen LogP contribution < -0.4 is 15.4 Å². The van der Waals surface area contributed by atoms with Gasteiger partial charge in [-0.3, -0.25) is 4.79 Å². The Hall–Kier alpha value is -3.86. The minimum Gasteiger partial charge on any atom is -0.381 e. The summed E-state index contributed by atoms with van der Waals surface area (Å²) in [5.74, 6) is -0.206. The van der Waals surface area contributed by atoms with Crippen LogP contribution in [0, 0.1) is 11.3 Å². The molecule has 0 unspecified atom stereocenters. The van der Waals surface area contributed by atoms with Gasteiger partial charge in [0, 0.05) is 43.1 Å². The van der Waals surface area contributed by atoms with Crippen molar-refractivity contribution in [3.63, 3.8) is 0 Å². The quantitative estimate of drug-likeness (QED) is 0.295. The summed E-state index contributed by atoms with van der Waals surface area (Å²) in [4.78, 5) is 28.3. The lowest BCUT2D eigenvalue weighted by atomic mass is 9.87. The van der Waals surface area contributed by atoms with Crippen molar-refractivity contribution in [1.82, 2.24) is 30.0 Å². The summed E-state index contributed by atoms with van der Waals surface area (Å²) in [5.41, 5.74) is 2.53. The largest absolute Gasteiger partial charge is 0.381 e. The van der Waals surface area contributed by atoms with Gasteiger partial charge in [0.15, 0.2) is 5.03 Å². The molecule has 1 saturated carbocycles. The van der Waals surface area contributed by atoms with Gasteiger partial charge >= 0.3 is 0 Å². The zero-order valence-electron chi connectivity index (χ0n) is 18.4. The Balaban J connectivity index is 1.33. The van der Waals surface area contributed by atoms with E-state index in [4.69, 9.17) is 5.26 Å². The number of nitrogens with one attached hydrogen (secondary N) is 4. The van der Waals surface area contributed by atoms with Crippen LogP contribution >= 0.6 is 11.3 Å². The van der Waals surface area contributed by atoms with Crippen molar-refractivity contribution in [2.45, 2.75) is 30.0 Å². The standard InChI is InChI=1S/C22H20N8O3S2/c1-24-21(31)17-11-28-22(34-17)16-10-27-20-15(3-5-26-20)19(16)29-13-7-14(8-13)30-35(32,33)18-6-12(9-23)2-4-25-18/h2-6,10-11,13-14,30H,7-8H2,1H3,(H,24,31)(H2,26,27,29)/t13-,14-. The highest BCUT2D eigenvalue weighted by Gasteiger charge is 2.34. The Kier molecular flexibility index (Phi) is 5.93. The monoisotopic (exact) mass is 508 g/mol. The van der Waals surface area contributed by atoms with Crippen molar-refractivity contribution < 1.29 is 13.2 Å². The van der Waals surface area contributed by atoms with Crippen LogP contribution in [0.15, 0.2) is 48.0 Å². The van der Waals surface area contributed by atoms with Crippen LogP contribution in [0.1, 0.15) is 28.1 Å². The van der Waals surface area contributed by atoms with E-state index in [1.165, 1.54) is 35.9 Å². The third kappa shape index (κ3) is 4.46. The number of nitriles is 1. The molecule has 178 valence electrons. The molecule has 1 fully saturated rings. The molecule has 0 spiro atoms. The first-order valence-electron chi connectivity index (χ1n) is 10.7. The molecule has 1 amide bonds. The van der Waals surface area contributed by atoms with Crippen molar-refractivity contribution in [2.24, 2.45) is 0 Å². The predicted octanol–water partition coefficient (Wildman–Crippen LogP) is 2.23. The van der Waals surface area contributed by atoms with Gasteiger partial charge in [-0.1, -0.05) is 0 Å². The topological polar surface area (TPSA) is 166 Å². The first kappa shape index (κ1) is 22.9. The number of H-pyrrole nitrogens is 1. The molecular formula is C22H20N8O3S2. The summed E-state index contributed by atoms with van der Waals surface area (Å²) in [6, 6.07) is 6.29. The Morgan fingerprint density at radius 3 is 2.80 bits per heavy atom. The van der Waals surface area contributed by atoms with Gasteiger partial charge < -0.3 is 15.6 Å². The third-order valence-corrected chi connectivity index (χ3v) is 8.17. The molecule has 0 aromatic carbocycles. The molecule has 35 heavy (non-hydrogen) atoms. The minimum atomic E-state index is -3.84. The van der Waals surface area contributed by atoms with E-state index in [0.717, 1.165) is 16.6 Å². The average Bonchev–Trinajstić information content (AvgIpc) is 3.52. The van der Waals surface area contributed by atoms with E-state index in [2.05, 4.69) is 35.3 Å². The van der Waals surface area contributed by atoms with E-state index in [1.54, 1.807) is 19.4 Å². The second-order valence-corrected chi connectivity index (χ2v) is 10.7. The van der Waals surface area contributed by atoms with E-state index >= 15 is 0 Å². The third-order valence-electron chi connectivity index (χ3n) is 5.72. The number of carbonyl (C=O) groups excluding carboxylic acids is 1. The van der Waals surface area contributed by atoms with E-state index in [9.17, 15) is 13.2 Å². The van der Waals surface area contributed by atoms with Crippen molar-refractivity contribution in [1.29, 1.82) is 5.26 Å². The van der Waals surface area contributed by atoms with Gasteiger partial charge in [-0.25, -0.2) is 28.1 Å². The summed E-state index contributed by atoms with van der Waals surface area (Å²) < 4.78 is 28.0. The van der Waals surface area contributed by atoms with Gasteiger partial charge in [-0.15, -0.1) is 11.3 Å². The van der Waals surface area contributed by atoms with Crippen molar-refractivity contribution in [3.8, 4) is 16.6 Å². The molecule has 4 heterocycles. The van der Waals surface area contributed by atoms with Crippen LogP contribution in [-0.4, -0.2) is 53.4 Å². The Morgan fingerprint density at radius 2 is 2.03 bits per heavy atom. The van der Waals surface area contributed by atoms with Crippen molar-refractivity contribution >= 4 is 44.0 Å².